The summed E-state index contributed by atoms with van der Waals surface area (Å²) in [6.45, 7) is 3.87. The van der Waals surface area contributed by atoms with Gasteiger partial charge in [0.15, 0.2) is 0 Å². The van der Waals surface area contributed by atoms with E-state index >= 15 is 0 Å². The van der Waals surface area contributed by atoms with Crippen LogP contribution >= 0.6 is 0 Å². The highest BCUT2D eigenvalue weighted by Gasteiger charge is 2.36. The van der Waals surface area contributed by atoms with Gasteiger partial charge in [0.2, 0.25) is 0 Å². The van der Waals surface area contributed by atoms with E-state index < -0.39 is 12.2 Å². The molecule has 1 aromatic rings. The monoisotopic (exact) mass is 254 g/mol. The molecule has 0 unspecified atom stereocenters. The van der Waals surface area contributed by atoms with Gasteiger partial charge in [-0.15, -0.1) is 0 Å². The highest BCUT2D eigenvalue weighted by atomic mass is 19.1. The van der Waals surface area contributed by atoms with Gasteiger partial charge in [-0.2, -0.15) is 0 Å². The number of carbonyl (C=O) groups excluding carboxylic acids is 1. The Morgan fingerprint density at radius 1 is 1.61 bits per heavy atom. The molecule has 0 radical (unpaired) electrons. The molecule has 4 nitrogen and oxygen atoms in total. The smallest absolute Gasteiger partial charge is 0.270 e. The van der Waals surface area contributed by atoms with Crippen LogP contribution in [0.1, 0.15) is 36.8 Å². The molecule has 0 bridgehead atoms. The fourth-order valence-corrected chi connectivity index (χ4v) is 2.45. The first-order chi connectivity index (χ1) is 8.54. The van der Waals surface area contributed by atoms with Crippen LogP contribution in [0.25, 0.3) is 0 Å². The molecule has 100 valence electrons. The van der Waals surface area contributed by atoms with E-state index in [1.165, 1.54) is 4.90 Å². The lowest BCUT2D eigenvalue weighted by molar-refractivity contribution is 0.0660. The Bertz CT molecular complexity index is 430. The maximum atomic E-state index is 13.4. The van der Waals surface area contributed by atoms with Crippen molar-refractivity contribution in [2.45, 2.75) is 38.5 Å². The Balaban J connectivity index is 2.23. The molecule has 1 aliphatic rings. The number of aromatic nitrogens is 1. The molecule has 1 aromatic heterocycles. The van der Waals surface area contributed by atoms with E-state index in [9.17, 15) is 14.3 Å². The predicted octanol–water partition coefficient (Wildman–Crippen LogP) is 1.61. The van der Waals surface area contributed by atoms with Crippen LogP contribution in [0.3, 0.4) is 0 Å². The van der Waals surface area contributed by atoms with Crippen LogP contribution in [0.5, 0.6) is 0 Å². The molecule has 1 N–H and O–H groups in total. The molecule has 0 aliphatic carbocycles. The summed E-state index contributed by atoms with van der Waals surface area (Å²) in [6.07, 6.45) is 1.04. The fourth-order valence-electron chi connectivity index (χ4n) is 2.45. The Kier molecular flexibility index (Phi) is 3.71. The Hall–Kier alpha value is -1.36. The molecule has 0 saturated carbocycles. The number of alkyl halides is 1. The third kappa shape index (κ3) is 2.27. The normalized spacial score (nSPS) is 23.9. The van der Waals surface area contributed by atoms with Crippen molar-refractivity contribution in [1.29, 1.82) is 0 Å². The summed E-state index contributed by atoms with van der Waals surface area (Å²) in [4.78, 5) is 13.8. The molecule has 2 atom stereocenters. The van der Waals surface area contributed by atoms with Crippen molar-refractivity contribution < 1.29 is 14.3 Å². The summed E-state index contributed by atoms with van der Waals surface area (Å²) in [5.41, 5.74) is 0.553. The highest BCUT2D eigenvalue weighted by Crippen LogP contribution is 2.23. The lowest BCUT2D eigenvalue weighted by Gasteiger charge is -2.24. The van der Waals surface area contributed by atoms with Gasteiger partial charge < -0.3 is 14.6 Å². The van der Waals surface area contributed by atoms with Gasteiger partial charge in [-0.1, -0.05) is 0 Å². The van der Waals surface area contributed by atoms with Crippen molar-refractivity contribution in [3.05, 3.63) is 24.0 Å². The molecule has 0 aromatic carbocycles. The van der Waals surface area contributed by atoms with Gasteiger partial charge in [-0.05, 0) is 26.0 Å². The lowest BCUT2D eigenvalue weighted by atomic mass is 10.2. The zero-order valence-corrected chi connectivity index (χ0v) is 10.7. The second kappa shape index (κ2) is 5.10. The number of halogens is 1. The van der Waals surface area contributed by atoms with Gasteiger partial charge >= 0.3 is 0 Å². The average Bonchev–Trinajstić information content (AvgIpc) is 2.93. The van der Waals surface area contributed by atoms with Crippen molar-refractivity contribution in [2.24, 2.45) is 0 Å². The van der Waals surface area contributed by atoms with Crippen molar-refractivity contribution in [1.82, 2.24) is 9.47 Å². The van der Waals surface area contributed by atoms with Gasteiger partial charge in [0.1, 0.15) is 11.9 Å². The number of nitrogens with zero attached hydrogens (tertiary/aromatic N) is 2. The van der Waals surface area contributed by atoms with E-state index in [-0.39, 0.29) is 31.5 Å². The predicted molar refractivity (Wildman–Crippen MR) is 66.2 cm³/mol. The zero-order valence-electron chi connectivity index (χ0n) is 10.7. The fraction of sp³-hybridized carbons (Fsp3) is 0.615. The number of likely N-dealkylation sites (tertiary alicyclic amines) is 1. The summed E-state index contributed by atoms with van der Waals surface area (Å²) in [6, 6.07) is 3.32. The van der Waals surface area contributed by atoms with Gasteiger partial charge in [0, 0.05) is 18.7 Å². The number of aliphatic hydroxyl groups is 1. The van der Waals surface area contributed by atoms with Crippen molar-refractivity contribution >= 4 is 5.91 Å². The van der Waals surface area contributed by atoms with Crippen LogP contribution in [0.4, 0.5) is 4.39 Å². The summed E-state index contributed by atoms with van der Waals surface area (Å²) >= 11 is 0. The van der Waals surface area contributed by atoms with E-state index in [1.807, 2.05) is 30.7 Å². The van der Waals surface area contributed by atoms with E-state index in [4.69, 9.17) is 0 Å². The number of amides is 1. The molecular formula is C13H19FN2O2. The van der Waals surface area contributed by atoms with Crippen LogP contribution < -0.4 is 0 Å². The molecule has 1 saturated heterocycles. The van der Waals surface area contributed by atoms with Crippen molar-refractivity contribution in [3.8, 4) is 0 Å². The van der Waals surface area contributed by atoms with Crippen LogP contribution in [-0.2, 0) is 0 Å². The lowest BCUT2D eigenvalue weighted by Crippen LogP contribution is -2.38. The third-order valence-electron chi connectivity index (χ3n) is 3.39. The van der Waals surface area contributed by atoms with Crippen molar-refractivity contribution in [2.75, 3.05) is 13.2 Å². The molecule has 1 amide bonds. The summed E-state index contributed by atoms with van der Waals surface area (Å²) in [5.74, 6) is -0.201. The Morgan fingerprint density at radius 3 is 2.94 bits per heavy atom. The largest absolute Gasteiger partial charge is 0.394 e. The molecule has 1 aliphatic heterocycles. The number of rotatable bonds is 3. The minimum Gasteiger partial charge on any atom is -0.394 e. The van der Waals surface area contributed by atoms with Gasteiger partial charge in [-0.3, -0.25) is 4.79 Å². The first-order valence-electron chi connectivity index (χ1n) is 6.27. The number of hydrogen-bond donors (Lipinski definition) is 1. The number of aliphatic hydroxyl groups excluding tert-OH is 1. The van der Waals surface area contributed by atoms with Crippen LogP contribution in [-0.4, -0.2) is 45.8 Å². The minimum absolute atomic E-state index is 0.0767. The van der Waals surface area contributed by atoms with Gasteiger partial charge in [0.25, 0.3) is 5.91 Å². The van der Waals surface area contributed by atoms with Crippen LogP contribution in [0.2, 0.25) is 0 Å². The highest BCUT2D eigenvalue weighted by molar-refractivity contribution is 5.93. The minimum atomic E-state index is -1.03. The summed E-state index contributed by atoms with van der Waals surface area (Å²) in [5, 5.41) is 9.21. The quantitative estimate of drug-likeness (QED) is 0.890. The van der Waals surface area contributed by atoms with E-state index in [0.717, 1.165) is 0 Å². The van der Waals surface area contributed by atoms with E-state index in [1.54, 1.807) is 6.07 Å². The second-order valence-electron chi connectivity index (χ2n) is 5.02. The van der Waals surface area contributed by atoms with E-state index in [0.29, 0.717) is 5.69 Å². The third-order valence-corrected chi connectivity index (χ3v) is 3.39. The Labute approximate surface area is 106 Å². The molecular weight excluding hydrogens is 235 g/mol. The van der Waals surface area contributed by atoms with Crippen LogP contribution in [0, 0.1) is 0 Å². The first kappa shape index (κ1) is 13.1. The zero-order chi connectivity index (χ0) is 13.3. The van der Waals surface area contributed by atoms with Gasteiger partial charge in [-0.25, -0.2) is 4.39 Å². The first-order valence-corrected chi connectivity index (χ1v) is 6.27. The summed E-state index contributed by atoms with van der Waals surface area (Å²) < 4.78 is 15.2. The molecule has 0 spiro atoms. The SMILES string of the molecule is CC(C)n1cccc1C(=O)N1C[C@@H](F)C[C@H]1CO. The molecule has 2 heterocycles. The average molecular weight is 254 g/mol. The van der Waals surface area contributed by atoms with E-state index in [2.05, 4.69) is 0 Å². The van der Waals surface area contributed by atoms with Gasteiger partial charge in [0.05, 0.1) is 19.2 Å². The topological polar surface area (TPSA) is 45.5 Å². The molecule has 2 rings (SSSR count). The van der Waals surface area contributed by atoms with Crippen molar-refractivity contribution in [3.63, 3.8) is 0 Å². The number of carbonyl (C=O) groups is 1. The molecule has 18 heavy (non-hydrogen) atoms. The maximum Gasteiger partial charge on any atom is 0.270 e. The number of hydrogen-bond acceptors (Lipinski definition) is 2. The Morgan fingerprint density at radius 2 is 2.33 bits per heavy atom. The second-order valence-corrected chi connectivity index (χ2v) is 5.02. The summed E-state index contributed by atoms with van der Waals surface area (Å²) in [7, 11) is 0. The molecule has 5 heteroatoms. The maximum absolute atomic E-state index is 13.4. The standard InChI is InChI=1S/C13H19FN2O2/c1-9(2)15-5-3-4-12(15)13(18)16-7-10(14)6-11(16)8-17/h3-5,9-11,17H,6-8H2,1-2H3/t10-,11-/m0/s1. The van der Waals surface area contributed by atoms with Crippen LogP contribution in [0.15, 0.2) is 18.3 Å². The molecule has 1 fully saturated rings.